The van der Waals surface area contributed by atoms with E-state index in [9.17, 15) is 14.4 Å². The SMILES string of the molecule is CC(=O)Nc1ccc(C(=O)NNC(=O)COc2ccc(C(C)(C)C)cc2)cc1. The summed E-state index contributed by atoms with van der Waals surface area (Å²) >= 11 is 0. The van der Waals surface area contributed by atoms with Gasteiger partial charge < -0.3 is 10.1 Å². The van der Waals surface area contributed by atoms with Crippen LogP contribution in [0.2, 0.25) is 0 Å². The second kappa shape index (κ2) is 9.03. The normalized spacial score (nSPS) is 10.7. The molecule has 0 aliphatic heterocycles. The topological polar surface area (TPSA) is 96.5 Å². The van der Waals surface area contributed by atoms with Crippen molar-refractivity contribution in [3.05, 3.63) is 59.7 Å². The van der Waals surface area contributed by atoms with E-state index < -0.39 is 11.8 Å². The standard InChI is InChI=1S/C21H25N3O4/c1-14(25)22-17-9-5-15(6-10-17)20(27)24-23-19(26)13-28-18-11-7-16(8-12-18)21(2,3)4/h5-12H,13H2,1-4H3,(H,22,25)(H,23,26)(H,24,27). The van der Waals surface area contributed by atoms with Crippen molar-refractivity contribution in [2.45, 2.75) is 33.1 Å². The summed E-state index contributed by atoms with van der Waals surface area (Å²) in [4.78, 5) is 34.9. The number of hydrazine groups is 1. The molecule has 0 aliphatic rings. The summed E-state index contributed by atoms with van der Waals surface area (Å²) in [5.74, 6) is -0.582. The van der Waals surface area contributed by atoms with E-state index >= 15 is 0 Å². The van der Waals surface area contributed by atoms with Crippen LogP contribution in [0.15, 0.2) is 48.5 Å². The highest BCUT2D eigenvalue weighted by Crippen LogP contribution is 2.24. The fourth-order valence-corrected chi connectivity index (χ4v) is 2.34. The molecule has 2 aromatic carbocycles. The Kier molecular flexibility index (Phi) is 6.76. The second-order valence-corrected chi connectivity index (χ2v) is 7.32. The van der Waals surface area contributed by atoms with Crippen molar-refractivity contribution in [3.63, 3.8) is 0 Å². The number of carbonyl (C=O) groups is 3. The molecule has 28 heavy (non-hydrogen) atoms. The summed E-state index contributed by atoms with van der Waals surface area (Å²) in [7, 11) is 0. The van der Waals surface area contributed by atoms with Gasteiger partial charge in [-0.05, 0) is 47.4 Å². The molecule has 0 bridgehead atoms. The molecule has 7 nitrogen and oxygen atoms in total. The molecule has 148 valence electrons. The van der Waals surface area contributed by atoms with Crippen molar-refractivity contribution in [2.24, 2.45) is 0 Å². The summed E-state index contributed by atoms with van der Waals surface area (Å²) in [5.41, 5.74) is 6.75. The lowest BCUT2D eigenvalue weighted by Gasteiger charge is -2.19. The van der Waals surface area contributed by atoms with Gasteiger partial charge in [0.15, 0.2) is 6.61 Å². The molecule has 0 unspecified atom stereocenters. The smallest absolute Gasteiger partial charge is 0.276 e. The Labute approximate surface area is 164 Å². The summed E-state index contributed by atoms with van der Waals surface area (Å²) in [5, 5.41) is 2.61. The molecule has 2 aromatic rings. The van der Waals surface area contributed by atoms with Gasteiger partial charge in [0, 0.05) is 18.2 Å². The minimum Gasteiger partial charge on any atom is -0.484 e. The van der Waals surface area contributed by atoms with Crippen LogP contribution < -0.4 is 20.9 Å². The van der Waals surface area contributed by atoms with Crippen molar-refractivity contribution in [2.75, 3.05) is 11.9 Å². The predicted molar refractivity (Wildman–Crippen MR) is 107 cm³/mol. The quantitative estimate of drug-likeness (QED) is 0.692. The molecular weight excluding hydrogens is 358 g/mol. The number of ether oxygens (including phenoxy) is 1. The number of nitrogens with one attached hydrogen (secondary N) is 3. The van der Waals surface area contributed by atoms with Crippen molar-refractivity contribution < 1.29 is 19.1 Å². The Morgan fingerprint density at radius 3 is 2.04 bits per heavy atom. The average Bonchev–Trinajstić information content (AvgIpc) is 2.64. The minimum absolute atomic E-state index is 0.0422. The fraction of sp³-hybridized carbons (Fsp3) is 0.286. The number of amides is 3. The van der Waals surface area contributed by atoms with Gasteiger partial charge in [-0.1, -0.05) is 32.9 Å². The summed E-state index contributed by atoms with van der Waals surface area (Å²) in [6.45, 7) is 7.53. The summed E-state index contributed by atoms with van der Waals surface area (Å²) in [6.07, 6.45) is 0. The highest BCUT2D eigenvalue weighted by Gasteiger charge is 2.13. The summed E-state index contributed by atoms with van der Waals surface area (Å²) < 4.78 is 5.42. The molecule has 0 radical (unpaired) electrons. The average molecular weight is 383 g/mol. The lowest BCUT2D eigenvalue weighted by atomic mass is 9.87. The first-order chi connectivity index (χ1) is 13.1. The lowest BCUT2D eigenvalue weighted by molar-refractivity contribution is -0.123. The van der Waals surface area contributed by atoms with Crippen LogP contribution in [0.4, 0.5) is 5.69 Å². The molecule has 0 fully saturated rings. The van der Waals surface area contributed by atoms with Crippen LogP contribution in [0, 0.1) is 0 Å². The zero-order chi connectivity index (χ0) is 20.7. The molecule has 0 saturated heterocycles. The largest absolute Gasteiger partial charge is 0.484 e. The maximum absolute atomic E-state index is 12.0. The molecule has 0 heterocycles. The zero-order valence-corrected chi connectivity index (χ0v) is 16.5. The first kappa shape index (κ1) is 21.0. The number of carbonyl (C=O) groups excluding carboxylic acids is 3. The third-order valence-electron chi connectivity index (χ3n) is 3.87. The lowest BCUT2D eigenvalue weighted by Crippen LogP contribution is -2.43. The Bertz CT molecular complexity index is 837. The first-order valence-corrected chi connectivity index (χ1v) is 8.85. The van der Waals surface area contributed by atoms with Gasteiger partial charge in [0.1, 0.15) is 5.75 Å². The number of hydrogen-bond donors (Lipinski definition) is 3. The minimum atomic E-state index is -0.483. The number of benzene rings is 2. The van der Waals surface area contributed by atoms with Gasteiger partial charge in [0.25, 0.3) is 11.8 Å². The molecule has 0 spiro atoms. The van der Waals surface area contributed by atoms with Gasteiger partial charge in [-0.25, -0.2) is 0 Å². The molecule has 0 aromatic heterocycles. The molecule has 3 N–H and O–H groups in total. The van der Waals surface area contributed by atoms with Crippen molar-refractivity contribution in [3.8, 4) is 5.75 Å². The maximum Gasteiger partial charge on any atom is 0.276 e. The van der Waals surface area contributed by atoms with E-state index in [-0.39, 0.29) is 17.9 Å². The van der Waals surface area contributed by atoms with E-state index in [1.165, 1.54) is 12.5 Å². The van der Waals surface area contributed by atoms with Gasteiger partial charge in [0.05, 0.1) is 0 Å². The van der Waals surface area contributed by atoms with Gasteiger partial charge >= 0.3 is 0 Å². The summed E-state index contributed by atoms with van der Waals surface area (Å²) in [6, 6.07) is 13.8. The molecule has 0 atom stereocenters. The molecule has 0 aliphatic carbocycles. The van der Waals surface area contributed by atoms with Gasteiger partial charge in [-0.15, -0.1) is 0 Å². The maximum atomic E-state index is 12.0. The van der Waals surface area contributed by atoms with E-state index in [0.717, 1.165) is 0 Å². The predicted octanol–water partition coefficient (Wildman–Crippen LogP) is 2.78. The highest BCUT2D eigenvalue weighted by molar-refractivity contribution is 5.96. The van der Waals surface area contributed by atoms with E-state index in [1.807, 2.05) is 24.3 Å². The monoisotopic (exact) mass is 383 g/mol. The molecular formula is C21H25N3O4. The zero-order valence-electron chi connectivity index (χ0n) is 16.5. The number of hydrogen-bond acceptors (Lipinski definition) is 4. The Balaban J connectivity index is 1.78. The Hall–Kier alpha value is -3.35. The molecule has 3 amide bonds. The molecule has 7 heteroatoms. The van der Waals surface area contributed by atoms with Crippen LogP contribution in [0.3, 0.4) is 0 Å². The Morgan fingerprint density at radius 2 is 1.50 bits per heavy atom. The van der Waals surface area contributed by atoms with Crippen LogP contribution in [0.5, 0.6) is 5.75 Å². The van der Waals surface area contributed by atoms with E-state index in [0.29, 0.717) is 17.0 Å². The van der Waals surface area contributed by atoms with Crippen molar-refractivity contribution in [1.29, 1.82) is 0 Å². The van der Waals surface area contributed by atoms with Crippen LogP contribution in [-0.2, 0) is 15.0 Å². The van der Waals surface area contributed by atoms with Gasteiger partial charge in [-0.2, -0.15) is 0 Å². The second-order valence-electron chi connectivity index (χ2n) is 7.32. The van der Waals surface area contributed by atoms with Crippen LogP contribution in [0.25, 0.3) is 0 Å². The third-order valence-corrected chi connectivity index (χ3v) is 3.87. The van der Waals surface area contributed by atoms with Crippen LogP contribution >= 0.6 is 0 Å². The molecule has 0 saturated carbocycles. The molecule has 2 rings (SSSR count). The fourth-order valence-electron chi connectivity index (χ4n) is 2.34. The number of anilines is 1. The first-order valence-electron chi connectivity index (χ1n) is 8.85. The van der Waals surface area contributed by atoms with Crippen LogP contribution in [0.1, 0.15) is 43.6 Å². The van der Waals surface area contributed by atoms with Gasteiger partial charge in [0.2, 0.25) is 5.91 Å². The Morgan fingerprint density at radius 1 is 0.893 bits per heavy atom. The third kappa shape index (κ3) is 6.42. The van der Waals surface area contributed by atoms with E-state index in [4.69, 9.17) is 4.74 Å². The van der Waals surface area contributed by atoms with E-state index in [2.05, 4.69) is 36.9 Å². The van der Waals surface area contributed by atoms with Crippen molar-refractivity contribution >= 4 is 23.4 Å². The van der Waals surface area contributed by atoms with E-state index in [1.54, 1.807) is 24.3 Å². The van der Waals surface area contributed by atoms with Gasteiger partial charge in [-0.3, -0.25) is 25.2 Å². The van der Waals surface area contributed by atoms with Crippen molar-refractivity contribution in [1.82, 2.24) is 10.9 Å². The van der Waals surface area contributed by atoms with Crippen LogP contribution in [-0.4, -0.2) is 24.3 Å². The highest BCUT2D eigenvalue weighted by atomic mass is 16.5. The number of rotatable bonds is 5.